The molecule has 0 radical (unpaired) electrons. The van der Waals surface area contributed by atoms with Crippen molar-refractivity contribution < 1.29 is 18.7 Å². The molecule has 5 nitrogen and oxygen atoms in total. The molecule has 0 bridgehead atoms. The Labute approximate surface area is 164 Å². The van der Waals surface area contributed by atoms with Crippen molar-refractivity contribution in [3.05, 3.63) is 65.5 Å². The van der Waals surface area contributed by atoms with Crippen LogP contribution in [0.5, 0.6) is 0 Å². The molecule has 0 saturated carbocycles. The second kappa shape index (κ2) is 8.97. The summed E-state index contributed by atoms with van der Waals surface area (Å²) in [5, 5.41) is 5.36. The maximum Gasteiger partial charge on any atom is 0.313 e. The molecular weight excluding hydrogens is 359 g/mol. The first-order valence-electron chi connectivity index (χ1n) is 9.54. The van der Waals surface area contributed by atoms with Gasteiger partial charge in [-0.1, -0.05) is 31.2 Å². The van der Waals surface area contributed by atoms with Crippen LogP contribution in [0.2, 0.25) is 0 Å². The zero-order valence-electron chi connectivity index (χ0n) is 16.0. The number of amides is 2. The van der Waals surface area contributed by atoms with Crippen LogP contribution < -0.4 is 10.6 Å². The van der Waals surface area contributed by atoms with Crippen LogP contribution in [0.4, 0.5) is 10.1 Å². The number of halogens is 1. The predicted molar refractivity (Wildman–Crippen MR) is 106 cm³/mol. The van der Waals surface area contributed by atoms with E-state index in [-0.39, 0.29) is 11.2 Å². The molecule has 6 heteroatoms. The summed E-state index contributed by atoms with van der Waals surface area (Å²) in [4.78, 5) is 24.6. The van der Waals surface area contributed by atoms with Crippen LogP contribution in [-0.4, -0.2) is 31.6 Å². The maximum atomic E-state index is 13.3. The lowest BCUT2D eigenvalue weighted by molar-refractivity contribution is -0.136. The Bertz CT molecular complexity index is 813. The third-order valence-corrected chi connectivity index (χ3v) is 5.32. The lowest BCUT2D eigenvalue weighted by atomic mass is 9.74. The molecule has 0 aliphatic carbocycles. The van der Waals surface area contributed by atoms with Gasteiger partial charge in [-0.05, 0) is 54.7 Å². The Morgan fingerprint density at radius 2 is 1.64 bits per heavy atom. The average molecular weight is 384 g/mol. The van der Waals surface area contributed by atoms with E-state index in [9.17, 15) is 14.0 Å². The number of carbonyl (C=O) groups excluding carboxylic acids is 2. The molecule has 1 fully saturated rings. The van der Waals surface area contributed by atoms with Crippen molar-refractivity contribution >= 4 is 17.5 Å². The van der Waals surface area contributed by atoms with Crippen LogP contribution in [0.25, 0.3) is 0 Å². The van der Waals surface area contributed by atoms with Gasteiger partial charge in [0.1, 0.15) is 5.82 Å². The van der Waals surface area contributed by atoms with E-state index < -0.39 is 11.8 Å². The minimum Gasteiger partial charge on any atom is -0.381 e. The van der Waals surface area contributed by atoms with Gasteiger partial charge in [0.25, 0.3) is 0 Å². The van der Waals surface area contributed by atoms with Gasteiger partial charge >= 0.3 is 11.8 Å². The summed E-state index contributed by atoms with van der Waals surface area (Å²) in [7, 11) is 0. The molecule has 3 rings (SSSR count). The third-order valence-electron chi connectivity index (χ3n) is 5.32. The zero-order valence-corrected chi connectivity index (χ0v) is 16.0. The maximum absolute atomic E-state index is 13.3. The van der Waals surface area contributed by atoms with E-state index in [2.05, 4.69) is 10.6 Å². The highest BCUT2D eigenvalue weighted by atomic mass is 19.1. The second-order valence-electron chi connectivity index (χ2n) is 7.09. The van der Waals surface area contributed by atoms with Crippen molar-refractivity contribution in [2.75, 3.05) is 25.1 Å². The van der Waals surface area contributed by atoms with E-state index in [0.717, 1.165) is 17.5 Å². The topological polar surface area (TPSA) is 67.4 Å². The molecule has 0 unspecified atom stereocenters. The number of hydrogen-bond donors (Lipinski definition) is 2. The lowest BCUT2D eigenvalue weighted by Crippen LogP contribution is -2.47. The SMILES string of the molecule is CCc1ccc(NC(=O)C(=O)NCC2(c3ccc(F)cc3)CCOCC2)cc1. The summed E-state index contributed by atoms with van der Waals surface area (Å²) in [6, 6.07) is 13.7. The van der Waals surface area contributed by atoms with E-state index in [0.29, 0.717) is 38.3 Å². The number of nitrogens with one attached hydrogen (secondary N) is 2. The number of ether oxygens (including phenoxy) is 1. The van der Waals surface area contributed by atoms with Crippen molar-refractivity contribution in [2.24, 2.45) is 0 Å². The largest absolute Gasteiger partial charge is 0.381 e. The van der Waals surface area contributed by atoms with Gasteiger partial charge in [-0.25, -0.2) is 4.39 Å². The Hall–Kier alpha value is -2.73. The molecule has 1 aliphatic heterocycles. The van der Waals surface area contributed by atoms with Gasteiger partial charge in [0, 0.05) is 30.9 Å². The highest BCUT2D eigenvalue weighted by molar-refractivity contribution is 6.39. The molecule has 0 aromatic heterocycles. The summed E-state index contributed by atoms with van der Waals surface area (Å²) in [5.74, 6) is -1.69. The van der Waals surface area contributed by atoms with E-state index in [1.807, 2.05) is 19.1 Å². The van der Waals surface area contributed by atoms with Crippen LogP contribution in [0.15, 0.2) is 48.5 Å². The summed E-state index contributed by atoms with van der Waals surface area (Å²) in [6.07, 6.45) is 2.29. The Balaban J connectivity index is 1.64. The minimum atomic E-state index is -0.703. The molecule has 2 N–H and O–H groups in total. The average Bonchev–Trinajstić information content (AvgIpc) is 2.73. The number of carbonyl (C=O) groups is 2. The molecule has 2 amide bonds. The molecule has 2 aromatic carbocycles. The van der Waals surface area contributed by atoms with Crippen LogP contribution in [0.3, 0.4) is 0 Å². The van der Waals surface area contributed by atoms with Crippen LogP contribution in [0.1, 0.15) is 30.9 Å². The van der Waals surface area contributed by atoms with Crippen molar-refractivity contribution in [3.8, 4) is 0 Å². The standard InChI is InChI=1S/C22H25FN2O3/c1-2-16-3-9-19(10-4-16)25-21(27)20(26)24-15-22(11-13-28-14-12-22)17-5-7-18(23)8-6-17/h3-10H,2,11-15H2,1H3,(H,24,26)(H,25,27). The van der Waals surface area contributed by atoms with Crippen LogP contribution >= 0.6 is 0 Å². The molecule has 0 atom stereocenters. The molecular formula is C22H25FN2O3. The Kier molecular flexibility index (Phi) is 6.41. The van der Waals surface area contributed by atoms with Crippen LogP contribution in [-0.2, 0) is 26.2 Å². The number of hydrogen-bond acceptors (Lipinski definition) is 3. The summed E-state index contributed by atoms with van der Waals surface area (Å²) < 4.78 is 18.8. The summed E-state index contributed by atoms with van der Waals surface area (Å²) in [6.45, 7) is 3.46. The van der Waals surface area contributed by atoms with Gasteiger partial charge in [0.15, 0.2) is 0 Å². The fraction of sp³-hybridized carbons (Fsp3) is 0.364. The molecule has 2 aromatic rings. The van der Waals surface area contributed by atoms with Crippen molar-refractivity contribution in [3.63, 3.8) is 0 Å². The number of rotatable bonds is 5. The van der Waals surface area contributed by atoms with Gasteiger partial charge in [0.05, 0.1) is 0 Å². The van der Waals surface area contributed by atoms with Gasteiger partial charge in [-0.15, -0.1) is 0 Å². The zero-order chi connectivity index (χ0) is 20.0. The summed E-state index contributed by atoms with van der Waals surface area (Å²) >= 11 is 0. The molecule has 148 valence electrons. The van der Waals surface area contributed by atoms with E-state index in [4.69, 9.17) is 4.74 Å². The Morgan fingerprint density at radius 3 is 2.25 bits per heavy atom. The van der Waals surface area contributed by atoms with Gasteiger partial charge < -0.3 is 15.4 Å². The minimum absolute atomic E-state index is 0.295. The number of benzene rings is 2. The van der Waals surface area contributed by atoms with E-state index >= 15 is 0 Å². The fourth-order valence-corrected chi connectivity index (χ4v) is 3.47. The molecule has 1 heterocycles. The highest BCUT2D eigenvalue weighted by Gasteiger charge is 2.35. The molecule has 1 aliphatic rings. The first kappa shape index (κ1) is 20.0. The van der Waals surface area contributed by atoms with Crippen molar-refractivity contribution in [1.82, 2.24) is 5.32 Å². The third kappa shape index (κ3) is 4.75. The van der Waals surface area contributed by atoms with Gasteiger partial charge in [-0.2, -0.15) is 0 Å². The Morgan fingerprint density at radius 1 is 1.00 bits per heavy atom. The van der Waals surface area contributed by atoms with E-state index in [1.165, 1.54) is 12.1 Å². The van der Waals surface area contributed by atoms with Crippen molar-refractivity contribution in [1.29, 1.82) is 0 Å². The van der Waals surface area contributed by atoms with Gasteiger partial charge in [-0.3, -0.25) is 9.59 Å². The quantitative estimate of drug-likeness (QED) is 0.778. The first-order chi connectivity index (χ1) is 13.5. The predicted octanol–water partition coefficient (Wildman–Crippen LogP) is 3.19. The lowest BCUT2D eigenvalue weighted by Gasteiger charge is -2.37. The summed E-state index contributed by atoms with van der Waals surface area (Å²) in [5.41, 5.74) is 2.30. The number of anilines is 1. The first-order valence-corrected chi connectivity index (χ1v) is 9.54. The fourth-order valence-electron chi connectivity index (χ4n) is 3.47. The van der Waals surface area contributed by atoms with Crippen LogP contribution in [0, 0.1) is 5.82 Å². The normalized spacial score (nSPS) is 15.6. The number of aryl methyl sites for hydroxylation is 1. The molecule has 0 spiro atoms. The van der Waals surface area contributed by atoms with Crippen molar-refractivity contribution in [2.45, 2.75) is 31.6 Å². The molecule has 1 saturated heterocycles. The molecule has 28 heavy (non-hydrogen) atoms. The second-order valence-corrected chi connectivity index (χ2v) is 7.09. The monoisotopic (exact) mass is 384 g/mol. The van der Waals surface area contributed by atoms with E-state index in [1.54, 1.807) is 24.3 Å². The smallest absolute Gasteiger partial charge is 0.313 e. The highest BCUT2D eigenvalue weighted by Crippen LogP contribution is 2.34. The van der Waals surface area contributed by atoms with Gasteiger partial charge in [0.2, 0.25) is 0 Å².